The van der Waals surface area contributed by atoms with Crippen molar-refractivity contribution in [2.45, 2.75) is 20.8 Å². The summed E-state index contributed by atoms with van der Waals surface area (Å²) in [6.45, 7) is 9.69. The van der Waals surface area contributed by atoms with Gasteiger partial charge in [-0.05, 0) is 12.3 Å². The predicted molar refractivity (Wildman–Crippen MR) is 33.9 cm³/mol. The van der Waals surface area contributed by atoms with Crippen LogP contribution in [0.1, 0.15) is 20.8 Å². The monoisotopic (exact) mass is 110 g/mol. The smallest absolute Gasteiger partial charge is 0.0661 e. The van der Waals surface area contributed by atoms with Crippen molar-refractivity contribution in [3.63, 3.8) is 0 Å². The molecule has 1 heteroatoms. The van der Waals surface area contributed by atoms with Crippen LogP contribution in [0, 0.1) is 29.6 Å². The van der Waals surface area contributed by atoms with E-state index < -0.39 is 0 Å². The lowest BCUT2D eigenvalue weighted by molar-refractivity contribution is 0.348. The molecule has 1 nitrogen and oxygen atoms in total. The minimum Gasteiger partial charge on any atom is -0.198 e. The second-order valence-electron chi connectivity index (χ2n) is 3.05. The SMILES string of the molecule is [CH2]C(C#N)C(C)(C)C. The van der Waals surface area contributed by atoms with Gasteiger partial charge in [0.15, 0.2) is 0 Å². The molecule has 0 aromatic heterocycles. The van der Waals surface area contributed by atoms with Crippen molar-refractivity contribution in [3.05, 3.63) is 6.92 Å². The van der Waals surface area contributed by atoms with Crippen molar-refractivity contribution in [1.82, 2.24) is 0 Å². The highest BCUT2D eigenvalue weighted by atomic mass is 14.3. The normalized spacial score (nSPS) is 14.9. The van der Waals surface area contributed by atoms with Gasteiger partial charge in [-0.25, -0.2) is 0 Å². The number of rotatable bonds is 0. The Morgan fingerprint density at radius 1 is 1.50 bits per heavy atom. The highest BCUT2D eigenvalue weighted by molar-refractivity contribution is 4.92. The van der Waals surface area contributed by atoms with Crippen LogP contribution >= 0.6 is 0 Å². The largest absolute Gasteiger partial charge is 0.198 e. The van der Waals surface area contributed by atoms with E-state index in [1.165, 1.54) is 0 Å². The van der Waals surface area contributed by atoms with E-state index in [9.17, 15) is 0 Å². The minimum atomic E-state index is -0.0949. The Balaban J connectivity index is 3.87. The average Bonchev–Trinajstić information content (AvgIpc) is 1.62. The van der Waals surface area contributed by atoms with Gasteiger partial charge in [0, 0.05) is 0 Å². The van der Waals surface area contributed by atoms with Crippen LogP contribution in [-0.4, -0.2) is 0 Å². The zero-order valence-electron chi connectivity index (χ0n) is 5.73. The first-order chi connectivity index (χ1) is 3.48. The summed E-state index contributed by atoms with van der Waals surface area (Å²) in [7, 11) is 0. The first-order valence-corrected chi connectivity index (χ1v) is 2.71. The molecule has 0 aliphatic carbocycles. The molecule has 1 atom stereocenters. The molecule has 45 valence electrons. The molecule has 0 aliphatic rings. The van der Waals surface area contributed by atoms with Crippen molar-refractivity contribution in [2.75, 3.05) is 0 Å². The summed E-state index contributed by atoms with van der Waals surface area (Å²) in [5.74, 6) is -0.0949. The molecule has 8 heavy (non-hydrogen) atoms. The van der Waals surface area contributed by atoms with Gasteiger partial charge >= 0.3 is 0 Å². The molecule has 0 saturated carbocycles. The Labute approximate surface area is 51.3 Å². The van der Waals surface area contributed by atoms with E-state index in [1.54, 1.807) is 0 Å². The van der Waals surface area contributed by atoms with Crippen molar-refractivity contribution < 1.29 is 0 Å². The van der Waals surface area contributed by atoms with E-state index in [2.05, 4.69) is 13.0 Å². The van der Waals surface area contributed by atoms with Gasteiger partial charge in [0.2, 0.25) is 0 Å². The molecule has 0 saturated heterocycles. The Morgan fingerprint density at radius 3 is 1.88 bits per heavy atom. The van der Waals surface area contributed by atoms with E-state index in [-0.39, 0.29) is 11.3 Å². The summed E-state index contributed by atoms with van der Waals surface area (Å²) >= 11 is 0. The molecule has 0 aromatic rings. The van der Waals surface area contributed by atoms with Crippen LogP contribution in [0.4, 0.5) is 0 Å². The first kappa shape index (κ1) is 7.49. The van der Waals surface area contributed by atoms with E-state index in [4.69, 9.17) is 5.26 Å². The number of nitrogens with zero attached hydrogens (tertiary/aromatic N) is 1. The van der Waals surface area contributed by atoms with Gasteiger partial charge in [-0.15, -0.1) is 0 Å². The second-order valence-corrected chi connectivity index (χ2v) is 3.05. The molecule has 0 amide bonds. The average molecular weight is 110 g/mol. The Morgan fingerprint density at radius 2 is 1.88 bits per heavy atom. The number of hydrogen-bond donors (Lipinski definition) is 0. The van der Waals surface area contributed by atoms with Crippen LogP contribution in [0.15, 0.2) is 0 Å². The second kappa shape index (κ2) is 2.17. The highest BCUT2D eigenvalue weighted by Gasteiger charge is 2.18. The fourth-order valence-corrected chi connectivity index (χ4v) is 0.194. The van der Waals surface area contributed by atoms with Gasteiger partial charge in [-0.1, -0.05) is 20.8 Å². The zero-order chi connectivity index (χ0) is 6.78. The molecular weight excluding hydrogens is 98.1 g/mol. The van der Waals surface area contributed by atoms with Crippen LogP contribution in [-0.2, 0) is 0 Å². The highest BCUT2D eigenvalue weighted by Crippen LogP contribution is 2.23. The van der Waals surface area contributed by atoms with E-state index >= 15 is 0 Å². The lowest BCUT2D eigenvalue weighted by Crippen LogP contribution is -2.14. The van der Waals surface area contributed by atoms with Gasteiger partial charge in [0.1, 0.15) is 0 Å². The lowest BCUT2D eigenvalue weighted by atomic mass is 9.83. The maximum Gasteiger partial charge on any atom is 0.0661 e. The molecule has 0 heterocycles. The molecule has 0 spiro atoms. The molecule has 1 radical (unpaired) electrons. The third-order valence-corrected chi connectivity index (χ3v) is 1.20. The number of hydrogen-bond acceptors (Lipinski definition) is 1. The van der Waals surface area contributed by atoms with Gasteiger partial charge in [0.25, 0.3) is 0 Å². The van der Waals surface area contributed by atoms with Gasteiger partial charge < -0.3 is 0 Å². The van der Waals surface area contributed by atoms with Gasteiger partial charge in [0.05, 0.1) is 12.0 Å². The van der Waals surface area contributed by atoms with Crippen molar-refractivity contribution in [3.8, 4) is 6.07 Å². The predicted octanol–water partition coefficient (Wildman–Crippen LogP) is 2.01. The van der Waals surface area contributed by atoms with Crippen LogP contribution in [0.5, 0.6) is 0 Å². The van der Waals surface area contributed by atoms with Crippen molar-refractivity contribution in [2.24, 2.45) is 11.3 Å². The summed E-state index contributed by atoms with van der Waals surface area (Å²) in [6, 6.07) is 2.09. The molecule has 0 rings (SSSR count). The number of nitriles is 1. The van der Waals surface area contributed by atoms with Crippen molar-refractivity contribution in [1.29, 1.82) is 5.26 Å². The van der Waals surface area contributed by atoms with Crippen LogP contribution in [0.2, 0.25) is 0 Å². The van der Waals surface area contributed by atoms with E-state index in [1.807, 2.05) is 20.8 Å². The fourth-order valence-electron chi connectivity index (χ4n) is 0.194. The Kier molecular flexibility index (Phi) is 2.03. The Hall–Kier alpha value is -0.510. The molecule has 1 unspecified atom stereocenters. The summed E-state index contributed by atoms with van der Waals surface area (Å²) in [5.41, 5.74) is 0.0365. The van der Waals surface area contributed by atoms with E-state index in [0.717, 1.165) is 0 Å². The van der Waals surface area contributed by atoms with Gasteiger partial charge in [-0.3, -0.25) is 0 Å². The molecular formula is C7H12N. The Bertz CT molecular complexity index is 103. The maximum absolute atomic E-state index is 8.36. The summed E-state index contributed by atoms with van der Waals surface area (Å²) in [5, 5.41) is 8.36. The first-order valence-electron chi connectivity index (χ1n) is 2.71. The third kappa shape index (κ3) is 1.97. The third-order valence-electron chi connectivity index (χ3n) is 1.20. The summed E-state index contributed by atoms with van der Waals surface area (Å²) in [6.07, 6.45) is 0. The summed E-state index contributed by atoms with van der Waals surface area (Å²) < 4.78 is 0. The van der Waals surface area contributed by atoms with Crippen LogP contribution in [0.3, 0.4) is 0 Å². The fraction of sp³-hybridized carbons (Fsp3) is 0.714. The molecule has 0 aliphatic heterocycles. The standard InChI is InChI=1S/C7H12N/c1-6(5-8)7(2,3)4/h6H,1H2,2-4H3. The minimum absolute atomic E-state index is 0.0365. The summed E-state index contributed by atoms with van der Waals surface area (Å²) in [4.78, 5) is 0. The van der Waals surface area contributed by atoms with Crippen molar-refractivity contribution >= 4 is 0 Å². The van der Waals surface area contributed by atoms with E-state index in [0.29, 0.717) is 0 Å². The maximum atomic E-state index is 8.36. The van der Waals surface area contributed by atoms with Gasteiger partial charge in [-0.2, -0.15) is 5.26 Å². The van der Waals surface area contributed by atoms with Crippen LogP contribution < -0.4 is 0 Å². The quantitative estimate of drug-likeness (QED) is 0.468. The topological polar surface area (TPSA) is 23.8 Å². The lowest BCUT2D eigenvalue weighted by Gasteiger charge is -2.19. The molecule has 0 bridgehead atoms. The van der Waals surface area contributed by atoms with Crippen LogP contribution in [0.25, 0.3) is 0 Å². The zero-order valence-corrected chi connectivity index (χ0v) is 5.73. The molecule has 0 fully saturated rings. The molecule has 0 N–H and O–H groups in total. The molecule has 0 aromatic carbocycles.